The van der Waals surface area contributed by atoms with Crippen molar-refractivity contribution in [3.63, 3.8) is 0 Å². The van der Waals surface area contributed by atoms with Crippen LogP contribution in [0.2, 0.25) is 0 Å². The molecule has 3 rings (SSSR count). The molecule has 0 saturated carbocycles. The van der Waals surface area contributed by atoms with Gasteiger partial charge >= 0.3 is 5.97 Å². The van der Waals surface area contributed by atoms with E-state index in [1.807, 2.05) is 51.1 Å². The van der Waals surface area contributed by atoms with Crippen LogP contribution in [-0.4, -0.2) is 32.9 Å². The number of carbonyl (C=O) groups is 2. The molecule has 6 nitrogen and oxygen atoms in total. The standard InChI is InChI=1S/C26H27NO5S/c1-16-6-10-20(14-17(16)2)23-18(3)33-25(24(23)26(29)31-5)27-22(28)13-9-19-7-11-21(12-8-19)32-15-30-4/h6-14H,15H2,1-5H3,(H,27,28)/b13-9+. The van der Waals surface area contributed by atoms with Gasteiger partial charge in [-0.1, -0.05) is 30.3 Å². The zero-order valence-corrected chi connectivity index (χ0v) is 20.2. The van der Waals surface area contributed by atoms with Crippen LogP contribution in [0.15, 0.2) is 48.5 Å². The predicted octanol–water partition coefficient (Wildman–Crippen LogP) is 5.76. The van der Waals surface area contributed by atoms with Crippen molar-refractivity contribution in [1.82, 2.24) is 0 Å². The Balaban J connectivity index is 1.84. The maximum Gasteiger partial charge on any atom is 0.341 e. The molecule has 0 fully saturated rings. The Morgan fingerprint density at radius 2 is 1.73 bits per heavy atom. The Morgan fingerprint density at radius 1 is 1.00 bits per heavy atom. The van der Waals surface area contributed by atoms with Crippen LogP contribution in [0.25, 0.3) is 17.2 Å². The van der Waals surface area contributed by atoms with Crippen molar-refractivity contribution in [1.29, 1.82) is 0 Å². The number of anilines is 1. The quantitative estimate of drug-likeness (QED) is 0.260. The summed E-state index contributed by atoms with van der Waals surface area (Å²) in [4.78, 5) is 26.2. The molecule has 0 aliphatic carbocycles. The van der Waals surface area contributed by atoms with Gasteiger partial charge in [-0.25, -0.2) is 4.79 Å². The van der Waals surface area contributed by atoms with Gasteiger partial charge in [-0.05, 0) is 61.2 Å². The lowest BCUT2D eigenvalue weighted by Crippen LogP contribution is -2.11. The highest BCUT2D eigenvalue weighted by atomic mass is 32.1. The first-order chi connectivity index (χ1) is 15.8. The van der Waals surface area contributed by atoms with Crippen molar-refractivity contribution in [2.24, 2.45) is 0 Å². The molecule has 0 saturated heterocycles. The van der Waals surface area contributed by atoms with E-state index in [-0.39, 0.29) is 12.7 Å². The fraction of sp³-hybridized carbons (Fsp3) is 0.231. The molecule has 0 aliphatic rings. The fourth-order valence-electron chi connectivity index (χ4n) is 3.30. The van der Waals surface area contributed by atoms with Crippen LogP contribution in [0.5, 0.6) is 5.75 Å². The van der Waals surface area contributed by atoms with E-state index in [4.69, 9.17) is 14.2 Å². The lowest BCUT2D eigenvalue weighted by molar-refractivity contribution is -0.111. The predicted molar refractivity (Wildman–Crippen MR) is 132 cm³/mol. The number of nitrogens with one attached hydrogen (secondary N) is 1. The highest BCUT2D eigenvalue weighted by Gasteiger charge is 2.25. The van der Waals surface area contributed by atoms with Gasteiger partial charge in [-0.3, -0.25) is 4.79 Å². The average molecular weight is 466 g/mol. The van der Waals surface area contributed by atoms with E-state index in [1.165, 1.54) is 30.1 Å². The van der Waals surface area contributed by atoms with Crippen LogP contribution in [-0.2, 0) is 14.3 Å². The lowest BCUT2D eigenvalue weighted by atomic mass is 9.97. The van der Waals surface area contributed by atoms with Crippen molar-refractivity contribution < 1.29 is 23.8 Å². The number of hydrogen-bond acceptors (Lipinski definition) is 6. The minimum atomic E-state index is -0.487. The van der Waals surface area contributed by atoms with Crippen molar-refractivity contribution in [3.8, 4) is 16.9 Å². The second-order valence-corrected chi connectivity index (χ2v) is 8.70. The molecule has 172 valence electrons. The van der Waals surface area contributed by atoms with Crippen LogP contribution in [0, 0.1) is 20.8 Å². The Bertz CT molecular complexity index is 1180. The molecule has 33 heavy (non-hydrogen) atoms. The van der Waals surface area contributed by atoms with E-state index in [0.29, 0.717) is 16.3 Å². The number of benzene rings is 2. The summed E-state index contributed by atoms with van der Waals surface area (Å²) in [5.41, 5.74) is 5.19. The van der Waals surface area contributed by atoms with Gasteiger partial charge in [-0.2, -0.15) is 0 Å². The number of methoxy groups -OCH3 is 2. The highest BCUT2D eigenvalue weighted by molar-refractivity contribution is 7.17. The van der Waals surface area contributed by atoms with Gasteiger partial charge in [0.05, 0.1) is 7.11 Å². The minimum Gasteiger partial charge on any atom is -0.468 e. The van der Waals surface area contributed by atoms with Crippen molar-refractivity contribution in [2.45, 2.75) is 20.8 Å². The van der Waals surface area contributed by atoms with Gasteiger partial charge in [-0.15, -0.1) is 11.3 Å². The molecule has 3 aromatic rings. The first-order valence-corrected chi connectivity index (χ1v) is 11.2. The summed E-state index contributed by atoms with van der Waals surface area (Å²) < 4.78 is 15.3. The summed E-state index contributed by atoms with van der Waals surface area (Å²) >= 11 is 1.35. The number of hydrogen-bond donors (Lipinski definition) is 1. The second-order valence-electron chi connectivity index (χ2n) is 7.47. The number of amides is 1. The summed E-state index contributed by atoms with van der Waals surface area (Å²) in [6, 6.07) is 13.3. The van der Waals surface area contributed by atoms with Crippen LogP contribution >= 0.6 is 11.3 Å². The molecule has 0 radical (unpaired) electrons. The molecule has 0 atom stereocenters. The van der Waals surface area contributed by atoms with Gasteiger partial charge in [0, 0.05) is 23.6 Å². The van der Waals surface area contributed by atoms with E-state index in [1.54, 1.807) is 25.3 Å². The molecule has 1 heterocycles. The Morgan fingerprint density at radius 3 is 2.36 bits per heavy atom. The number of thiophene rings is 1. The van der Waals surface area contributed by atoms with Gasteiger partial charge in [0.15, 0.2) is 6.79 Å². The summed E-state index contributed by atoms with van der Waals surface area (Å²) in [5.74, 6) is -0.152. The third kappa shape index (κ3) is 5.88. The van der Waals surface area contributed by atoms with Gasteiger partial charge < -0.3 is 19.5 Å². The van der Waals surface area contributed by atoms with Crippen LogP contribution in [0.1, 0.15) is 31.9 Å². The SMILES string of the molecule is COCOc1ccc(/C=C/C(=O)Nc2sc(C)c(-c3ccc(C)c(C)c3)c2C(=O)OC)cc1. The Labute approximate surface area is 197 Å². The van der Waals surface area contributed by atoms with Crippen LogP contribution < -0.4 is 10.1 Å². The third-order valence-electron chi connectivity index (χ3n) is 5.16. The molecule has 0 aliphatic heterocycles. The first kappa shape index (κ1) is 24.2. The normalized spacial score (nSPS) is 10.9. The zero-order chi connectivity index (χ0) is 24.0. The van der Waals surface area contributed by atoms with Crippen LogP contribution in [0.3, 0.4) is 0 Å². The number of rotatable bonds is 8. The summed E-state index contributed by atoms with van der Waals surface area (Å²) in [6.45, 7) is 6.17. The zero-order valence-electron chi connectivity index (χ0n) is 19.4. The largest absolute Gasteiger partial charge is 0.468 e. The molecule has 7 heteroatoms. The molecule has 2 aromatic carbocycles. The van der Waals surface area contributed by atoms with Gasteiger partial charge in [0.2, 0.25) is 5.91 Å². The van der Waals surface area contributed by atoms with Crippen molar-refractivity contribution >= 4 is 34.3 Å². The number of carbonyl (C=O) groups excluding carboxylic acids is 2. The van der Waals surface area contributed by atoms with Crippen molar-refractivity contribution in [3.05, 3.63) is 75.7 Å². The fourth-order valence-corrected chi connectivity index (χ4v) is 4.37. The minimum absolute atomic E-state index is 0.171. The van der Waals surface area contributed by atoms with Gasteiger partial charge in [0.1, 0.15) is 16.3 Å². The summed E-state index contributed by atoms with van der Waals surface area (Å²) in [6.07, 6.45) is 3.12. The maximum absolute atomic E-state index is 12.7. The summed E-state index contributed by atoms with van der Waals surface area (Å²) in [5, 5.41) is 3.31. The van der Waals surface area contributed by atoms with Gasteiger partial charge in [0.25, 0.3) is 0 Å². The second kappa shape index (κ2) is 10.9. The topological polar surface area (TPSA) is 73.9 Å². The highest BCUT2D eigenvalue weighted by Crippen LogP contribution is 2.40. The van der Waals surface area contributed by atoms with Crippen molar-refractivity contribution in [2.75, 3.05) is 26.3 Å². The number of aryl methyl sites for hydroxylation is 3. The van der Waals surface area contributed by atoms with E-state index in [2.05, 4.69) is 5.32 Å². The Hall–Kier alpha value is -3.42. The molecule has 1 aromatic heterocycles. The smallest absolute Gasteiger partial charge is 0.341 e. The molecular weight excluding hydrogens is 438 g/mol. The van der Waals surface area contributed by atoms with E-state index in [0.717, 1.165) is 27.1 Å². The molecule has 0 unspecified atom stereocenters. The lowest BCUT2D eigenvalue weighted by Gasteiger charge is -2.09. The Kier molecular flexibility index (Phi) is 8.03. The third-order valence-corrected chi connectivity index (χ3v) is 6.18. The first-order valence-electron chi connectivity index (χ1n) is 10.3. The average Bonchev–Trinajstić information content (AvgIpc) is 3.13. The maximum atomic E-state index is 12.7. The van der Waals surface area contributed by atoms with E-state index < -0.39 is 5.97 Å². The molecular formula is C26H27NO5S. The van der Waals surface area contributed by atoms with E-state index >= 15 is 0 Å². The molecule has 0 spiro atoms. The number of esters is 1. The number of ether oxygens (including phenoxy) is 3. The summed E-state index contributed by atoms with van der Waals surface area (Å²) in [7, 11) is 2.90. The van der Waals surface area contributed by atoms with E-state index in [9.17, 15) is 9.59 Å². The monoisotopic (exact) mass is 465 g/mol. The molecule has 1 N–H and O–H groups in total. The molecule has 0 bridgehead atoms. The molecule has 1 amide bonds. The van der Waals surface area contributed by atoms with Crippen LogP contribution in [0.4, 0.5) is 5.00 Å².